The van der Waals surface area contributed by atoms with Gasteiger partial charge in [0, 0.05) is 18.2 Å². The molecule has 1 heterocycles. The number of benzene rings is 1. The summed E-state index contributed by atoms with van der Waals surface area (Å²) in [5.41, 5.74) is -0.0898. The maximum Gasteiger partial charge on any atom is 0.310 e. The molecular weight excluding hydrogens is 322 g/mol. The van der Waals surface area contributed by atoms with Gasteiger partial charge in [-0.1, -0.05) is 12.1 Å². The number of rotatable bonds is 6. The van der Waals surface area contributed by atoms with Crippen molar-refractivity contribution in [3.05, 3.63) is 34.4 Å². The molecule has 8 heteroatoms. The van der Waals surface area contributed by atoms with Crippen molar-refractivity contribution in [1.82, 2.24) is 10.6 Å². The predicted molar refractivity (Wildman–Crippen MR) is 89.1 cm³/mol. The number of amides is 1. The van der Waals surface area contributed by atoms with Crippen molar-refractivity contribution in [2.45, 2.75) is 38.3 Å². The Morgan fingerprint density at radius 1 is 1.48 bits per heavy atom. The van der Waals surface area contributed by atoms with Gasteiger partial charge in [-0.05, 0) is 32.4 Å². The van der Waals surface area contributed by atoms with Crippen molar-refractivity contribution in [2.75, 3.05) is 13.2 Å². The first-order valence-electron chi connectivity index (χ1n) is 7.47. The van der Waals surface area contributed by atoms with Gasteiger partial charge < -0.3 is 15.4 Å². The van der Waals surface area contributed by atoms with E-state index in [0.717, 1.165) is 19.4 Å². The molecule has 7 nitrogen and oxygen atoms in total. The lowest BCUT2D eigenvalue weighted by Crippen LogP contribution is -2.52. The van der Waals surface area contributed by atoms with Gasteiger partial charge in [0.05, 0.1) is 18.0 Å². The topological polar surface area (TPSA) is 93.5 Å². The molecule has 23 heavy (non-hydrogen) atoms. The molecule has 0 spiro atoms. The van der Waals surface area contributed by atoms with E-state index < -0.39 is 4.92 Å². The van der Waals surface area contributed by atoms with E-state index in [4.69, 9.17) is 4.74 Å². The summed E-state index contributed by atoms with van der Waals surface area (Å²) in [6.45, 7) is 3.15. The normalized spacial score (nSPS) is 20.2. The van der Waals surface area contributed by atoms with Crippen molar-refractivity contribution in [2.24, 2.45) is 0 Å². The average Bonchev–Trinajstić information content (AvgIpc) is 2.50. The van der Waals surface area contributed by atoms with Crippen LogP contribution in [0.5, 0.6) is 5.75 Å². The summed E-state index contributed by atoms with van der Waals surface area (Å²) in [4.78, 5) is 22.3. The number of nitro benzene ring substituents is 1. The van der Waals surface area contributed by atoms with Gasteiger partial charge in [0.1, 0.15) is 0 Å². The second kappa shape index (κ2) is 9.32. The first kappa shape index (κ1) is 19.2. The number of halogens is 1. The second-order valence-corrected chi connectivity index (χ2v) is 5.38. The van der Waals surface area contributed by atoms with Gasteiger partial charge in [-0.3, -0.25) is 14.9 Å². The van der Waals surface area contributed by atoms with Crippen LogP contribution >= 0.6 is 12.4 Å². The van der Waals surface area contributed by atoms with E-state index in [0.29, 0.717) is 0 Å². The summed E-state index contributed by atoms with van der Waals surface area (Å²) in [5, 5.41) is 17.2. The van der Waals surface area contributed by atoms with E-state index in [9.17, 15) is 14.9 Å². The van der Waals surface area contributed by atoms with Crippen molar-refractivity contribution in [3.8, 4) is 5.75 Å². The number of para-hydroxylation sites is 2. The lowest BCUT2D eigenvalue weighted by Gasteiger charge is -2.30. The Morgan fingerprint density at radius 3 is 2.91 bits per heavy atom. The van der Waals surface area contributed by atoms with Crippen LogP contribution in [0.1, 0.15) is 26.2 Å². The van der Waals surface area contributed by atoms with Gasteiger partial charge in [-0.25, -0.2) is 0 Å². The van der Waals surface area contributed by atoms with E-state index >= 15 is 0 Å². The fraction of sp³-hybridized carbons (Fsp3) is 0.533. The molecule has 2 rings (SSSR count). The van der Waals surface area contributed by atoms with E-state index in [1.807, 2.05) is 6.92 Å². The van der Waals surface area contributed by atoms with Crippen LogP contribution in [0, 0.1) is 10.1 Å². The number of hydrogen-bond acceptors (Lipinski definition) is 5. The smallest absolute Gasteiger partial charge is 0.310 e. The maximum atomic E-state index is 11.9. The maximum absolute atomic E-state index is 11.9. The minimum Gasteiger partial charge on any atom is -0.486 e. The summed E-state index contributed by atoms with van der Waals surface area (Å²) in [6, 6.07) is 6.54. The summed E-state index contributed by atoms with van der Waals surface area (Å²) in [5.74, 6) is 0.0899. The zero-order valence-electron chi connectivity index (χ0n) is 13.0. The Kier molecular flexibility index (Phi) is 7.77. The zero-order valence-corrected chi connectivity index (χ0v) is 13.8. The molecule has 2 atom stereocenters. The number of hydrogen-bond donors (Lipinski definition) is 2. The molecule has 0 radical (unpaired) electrons. The Morgan fingerprint density at radius 2 is 2.22 bits per heavy atom. The number of carbonyl (C=O) groups excluding carboxylic acids is 1. The zero-order chi connectivity index (χ0) is 15.9. The number of piperidine rings is 1. The highest BCUT2D eigenvalue weighted by molar-refractivity contribution is 5.85. The van der Waals surface area contributed by atoms with Crippen molar-refractivity contribution in [1.29, 1.82) is 0 Å². The minimum absolute atomic E-state index is 0. The summed E-state index contributed by atoms with van der Waals surface area (Å²) in [6.07, 6.45) is 2.18. The van der Waals surface area contributed by atoms with Crippen LogP contribution in [0.4, 0.5) is 5.69 Å². The molecule has 0 bridgehead atoms. The van der Waals surface area contributed by atoms with Gasteiger partial charge in [0.2, 0.25) is 5.91 Å². The molecule has 1 saturated heterocycles. The predicted octanol–water partition coefficient (Wildman–Crippen LogP) is 2.04. The third kappa shape index (κ3) is 5.69. The standard InChI is InChI=1S/C15H21N3O4.ClH/c1-11-12(5-4-9-16-11)17-15(19)8-10-22-14-7-3-2-6-13(14)18(20)21;/h2-3,6-7,11-12,16H,4-5,8-10H2,1H3,(H,17,19);1H. The van der Waals surface area contributed by atoms with E-state index in [1.54, 1.807) is 12.1 Å². The van der Waals surface area contributed by atoms with E-state index in [1.165, 1.54) is 12.1 Å². The molecule has 1 aliphatic rings. The number of nitrogens with one attached hydrogen (secondary N) is 2. The third-order valence-electron chi connectivity index (χ3n) is 3.76. The monoisotopic (exact) mass is 343 g/mol. The van der Waals surface area contributed by atoms with Crippen LogP contribution < -0.4 is 15.4 Å². The second-order valence-electron chi connectivity index (χ2n) is 5.38. The van der Waals surface area contributed by atoms with Crippen molar-refractivity contribution >= 4 is 24.0 Å². The van der Waals surface area contributed by atoms with Gasteiger partial charge >= 0.3 is 5.69 Å². The third-order valence-corrected chi connectivity index (χ3v) is 3.76. The lowest BCUT2D eigenvalue weighted by atomic mass is 10.00. The van der Waals surface area contributed by atoms with E-state index in [-0.39, 0.29) is 54.9 Å². The van der Waals surface area contributed by atoms with E-state index in [2.05, 4.69) is 10.6 Å². The Bertz CT molecular complexity index is 541. The highest BCUT2D eigenvalue weighted by Gasteiger charge is 2.22. The Labute approximate surface area is 141 Å². The molecule has 1 aromatic rings. The molecule has 1 amide bonds. The highest BCUT2D eigenvalue weighted by atomic mass is 35.5. The van der Waals surface area contributed by atoms with Gasteiger partial charge in [-0.2, -0.15) is 0 Å². The van der Waals surface area contributed by atoms with Crippen LogP contribution in [0.15, 0.2) is 24.3 Å². The van der Waals surface area contributed by atoms with Crippen molar-refractivity contribution < 1.29 is 14.5 Å². The molecule has 2 unspecified atom stereocenters. The van der Waals surface area contributed by atoms with Crippen LogP contribution in [0.2, 0.25) is 0 Å². The first-order valence-corrected chi connectivity index (χ1v) is 7.47. The molecule has 1 aromatic carbocycles. The van der Waals surface area contributed by atoms with Gasteiger partial charge in [0.15, 0.2) is 5.75 Å². The van der Waals surface area contributed by atoms with Crippen LogP contribution in [0.25, 0.3) is 0 Å². The van der Waals surface area contributed by atoms with Gasteiger partial charge in [-0.15, -0.1) is 12.4 Å². The first-order chi connectivity index (χ1) is 10.6. The quantitative estimate of drug-likeness (QED) is 0.609. The number of nitrogens with zero attached hydrogens (tertiary/aromatic N) is 1. The Balaban J connectivity index is 0.00000264. The number of ether oxygens (including phenoxy) is 1. The van der Waals surface area contributed by atoms with Crippen LogP contribution in [0.3, 0.4) is 0 Å². The largest absolute Gasteiger partial charge is 0.486 e. The van der Waals surface area contributed by atoms with Crippen molar-refractivity contribution in [3.63, 3.8) is 0 Å². The summed E-state index contributed by atoms with van der Waals surface area (Å²) in [7, 11) is 0. The number of nitro groups is 1. The summed E-state index contributed by atoms with van der Waals surface area (Å²) < 4.78 is 5.37. The molecular formula is C15H22ClN3O4. The molecule has 1 fully saturated rings. The van der Waals surface area contributed by atoms with Crippen LogP contribution in [-0.2, 0) is 4.79 Å². The molecule has 1 aliphatic heterocycles. The average molecular weight is 344 g/mol. The fourth-order valence-corrected chi connectivity index (χ4v) is 2.50. The SMILES string of the molecule is CC1NCCCC1NC(=O)CCOc1ccccc1[N+](=O)[O-].Cl. The molecule has 0 aliphatic carbocycles. The molecule has 0 aromatic heterocycles. The lowest BCUT2D eigenvalue weighted by molar-refractivity contribution is -0.385. The minimum atomic E-state index is -0.495. The Hall–Kier alpha value is -1.86. The van der Waals surface area contributed by atoms with Gasteiger partial charge in [0.25, 0.3) is 0 Å². The van der Waals surface area contributed by atoms with Crippen LogP contribution in [-0.4, -0.2) is 36.1 Å². The molecule has 128 valence electrons. The fourth-order valence-electron chi connectivity index (χ4n) is 2.50. The summed E-state index contributed by atoms with van der Waals surface area (Å²) >= 11 is 0. The highest BCUT2D eigenvalue weighted by Crippen LogP contribution is 2.25. The molecule has 2 N–H and O–H groups in total. The number of carbonyl (C=O) groups is 1. The molecule has 0 saturated carbocycles.